The smallest absolute Gasteiger partial charge is 0.290 e. The van der Waals surface area contributed by atoms with Crippen LogP contribution in [0.1, 0.15) is 12.0 Å². The zero-order valence-electron chi connectivity index (χ0n) is 14.9. The first-order valence-electron chi connectivity index (χ1n) is 8.77. The van der Waals surface area contributed by atoms with E-state index in [1.54, 1.807) is 42.7 Å². The van der Waals surface area contributed by atoms with E-state index in [1.807, 2.05) is 4.90 Å². The number of rotatable bonds is 5. The summed E-state index contributed by atoms with van der Waals surface area (Å²) in [6, 6.07) is 10.7. The number of nitrogens with one attached hydrogen (secondary N) is 2. The Morgan fingerprint density at radius 2 is 2.21 bits per heavy atom. The molecule has 0 aliphatic carbocycles. The first-order chi connectivity index (χ1) is 13.7. The van der Waals surface area contributed by atoms with E-state index in [-0.39, 0.29) is 11.6 Å². The summed E-state index contributed by atoms with van der Waals surface area (Å²) in [5, 5.41) is 12.3. The molecule has 0 bridgehead atoms. The SMILES string of the molecule is N#Cc1cccc(Oc2ccnc(NC3CCN(c4ncc[nH]c4=O)C3)n2)c1. The summed E-state index contributed by atoms with van der Waals surface area (Å²) >= 11 is 0. The molecule has 1 aliphatic heterocycles. The van der Waals surface area contributed by atoms with Gasteiger partial charge in [-0.3, -0.25) is 4.79 Å². The van der Waals surface area contributed by atoms with Gasteiger partial charge in [-0.05, 0) is 24.6 Å². The van der Waals surface area contributed by atoms with Crippen LogP contribution in [0.3, 0.4) is 0 Å². The Morgan fingerprint density at radius 1 is 1.29 bits per heavy atom. The lowest BCUT2D eigenvalue weighted by molar-refractivity contribution is 0.462. The number of benzene rings is 1. The summed E-state index contributed by atoms with van der Waals surface area (Å²) < 4.78 is 5.72. The van der Waals surface area contributed by atoms with Crippen LogP contribution >= 0.6 is 0 Å². The maximum Gasteiger partial charge on any atom is 0.290 e. The number of anilines is 2. The van der Waals surface area contributed by atoms with Gasteiger partial charge in [0.1, 0.15) is 5.75 Å². The Hall–Kier alpha value is -3.93. The van der Waals surface area contributed by atoms with Crippen LogP contribution in [-0.2, 0) is 0 Å². The molecule has 0 radical (unpaired) electrons. The fraction of sp³-hybridized carbons (Fsp3) is 0.211. The number of ether oxygens (including phenoxy) is 1. The van der Waals surface area contributed by atoms with Crippen LogP contribution in [0.15, 0.2) is 53.7 Å². The predicted octanol–water partition coefficient (Wildman–Crippen LogP) is 1.91. The second-order valence-electron chi connectivity index (χ2n) is 6.28. The van der Waals surface area contributed by atoms with Gasteiger partial charge in [0, 0.05) is 43.8 Å². The van der Waals surface area contributed by atoms with Gasteiger partial charge in [-0.15, -0.1) is 0 Å². The van der Waals surface area contributed by atoms with Crippen LogP contribution in [0.2, 0.25) is 0 Å². The molecule has 4 rings (SSSR count). The van der Waals surface area contributed by atoms with Crippen molar-refractivity contribution >= 4 is 11.8 Å². The Kier molecular flexibility index (Phi) is 4.84. The summed E-state index contributed by atoms with van der Waals surface area (Å²) in [5.74, 6) is 1.77. The fourth-order valence-corrected chi connectivity index (χ4v) is 3.04. The molecule has 3 heterocycles. The van der Waals surface area contributed by atoms with E-state index in [9.17, 15) is 4.79 Å². The normalized spacial score (nSPS) is 15.8. The van der Waals surface area contributed by atoms with E-state index in [0.29, 0.717) is 35.5 Å². The highest BCUT2D eigenvalue weighted by molar-refractivity contribution is 5.41. The molecule has 1 atom stereocenters. The summed E-state index contributed by atoms with van der Waals surface area (Å²) in [5.41, 5.74) is 0.315. The first-order valence-corrected chi connectivity index (χ1v) is 8.77. The molecule has 1 aliphatic rings. The molecule has 1 unspecified atom stereocenters. The average Bonchev–Trinajstić information content (AvgIpc) is 3.17. The highest BCUT2D eigenvalue weighted by Crippen LogP contribution is 2.22. The van der Waals surface area contributed by atoms with Crippen molar-refractivity contribution in [3.05, 3.63) is 64.8 Å². The number of H-pyrrole nitrogens is 1. The van der Waals surface area contributed by atoms with Gasteiger partial charge in [0.2, 0.25) is 11.8 Å². The summed E-state index contributed by atoms with van der Waals surface area (Å²) in [6.45, 7) is 1.34. The van der Waals surface area contributed by atoms with Crippen molar-refractivity contribution in [1.82, 2.24) is 19.9 Å². The molecule has 28 heavy (non-hydrogen) atoms. The minimum atomic E-state index is -0.200. The molecule has 0 saturated carbocycles. The fourth-order valence-electron chi connectivity index (χ4n) is 3.04. The van der Waals surface area contributed by atoms with Crippen molar-refractivity contribution < 1.29 is 4.74 Å². The van der Waals surface area contributed by atoms with Crippen molar-refractivity contribution in [2.45, 2.75) is 12.5 Å². The van der Waals surface area contributed by atoms with Crippen LogP contribution < -0.4 is 20.5 Å². The van der Waals surface area contributed by atoms with Crippen molar-refractivity contribution in [2.75, 3.05) is 23.3 Å². The molecule has 9 heteroatoms. The van der Waals surface area contributed by atoms with Crippen LogP contribution in [-0.4, -0.2) is 39.1 Å². The molecule has 0 amide bonds. The Morgan fingerprint density at radius 3 is 3.07 bits per heavy atom. The van der Waals surface area contributed by atoms with E-state index in [4.69, 9.17) is 10.00 Å². The third-order valence-electron chi connectivity index (χ3n) is 4.33. The van der Waals surface area contributed by atoms with Crippen molar-refractivity contribution in [2.24, 2.45) is 0 Å². The molecular weight excluding hydrogens is 358 g/mol. The number of nitriles is 1. The van der Waals surface area contributed by atoms with Crippen molar-refractivity contribution in [1.29, 1.82) is 5.26 Å². The van der Waals surface area contributed by atoms with Gasteiger partial charge in [0.25, 0.3) is 5.56 Å². The van der Waals surface area contributed by atoms with E-state index >= 15 is 0 Å². The standard InChI is InChI=1S/C19H17N7O2/c20-11-13-2-1-3-15(10-13)28-16-4-6-23-19(25-16)24-14-5-9-26(12-14)17-18(27)22-8-7-21-17/h1-4,6-8,10,14H,5,9,12H2,(H,22,27)(H,23,24,25). The molecule has 0 spiro atoms. The quantitative estimate of drug-likeness (QED) is 0.694. The minimum Gasteiger partial charge on any atom is -0.439 e. The monoisotopic (exact) mass is 375 g/mol. The molecule has 2 aromatic heterocycles. The highest BCUT2D eigenvalue weighted by atomic mass is 16.5. The molecule has 1 saturated heterocycles. The van der Waals surface area contributed by atoms with Gasteiger partial charge in [-0.25, -0.2) is 9.97 Å². The molecule has 3 aromatic rings. The Bertz CT molecular complexity index is 1080. The lowest BCUT2D eigenvalue weighted by Crippen LogP contribution is -2.31. The van der Waals surface area contributed by atoms with Crippen molar-refractivity contribution in [3.63, 3.8) is 0 Å². The predicted molar refractivity (Wildman–Crippen MR) is 102 cm³/mol. The highest BCUT2D eigenvalue weighted by Gasteiger charge is 2.25. The van der Waals surface area contributed by atoms with E-state index < -0.39 is 0 Å². The van der Waals surface area contributed by atoms with E-state index in [2.05, 4.69) is 31.3 Å². The van der Waals surface area contributed by atoms with Gasteiger partial charge < -0.3 is 19.9 Å². The lowest BCUT2D eigenvalue weighted by Gasteiger charge is -2.16. The molecule has 1 aromatic carbocycles. The molecule has 9 nitrogen and oxygen atoms in total. The lowest BCUT2D eigenvalue weighted by atomic mass is 10.2. The average molecular weight is 375 g/mol. The largest absolute Gasteiger partial charge is 0.439 e. The van der Waals surface area contributed by atoms with Crippen LogP contribution in [0.25, 0.3) is 0 Å². The maximum absolute atomic E-state index is 11.9. The second-order valence-corrected chi connectivity index (χ2v) is 6.28. The van der Waals surface area contributed by atoms with Gasteiger partial charge in [0.15, 0.2) is 5.82 Å². The number of hydrogen-bond donors (Lipinski definition) is 2. The molecule has 1 fully saturated rings. The Balaban J connectivity index is 1.42. The van der Waals surface area contributed by atoms with Gasteiger partial charge >= 0.3 is 0 Å². The van der Waals surface area contributed by atoms with Crippen LogP contribution in [0.5, 0.6) is 11.6 Å². The second kappa shape index (κ2) is 7.75. The van der Waals surface area contributed by atoms with E-state index in [0.717, 1.165) is 13.0 Å². The van der Waals surface area contributed by atoms with Gasteiger partial charge in [0.05, 0.1) is 11.6 Å². The topological polar surface area (TPSA) is 120 Å². The van der Waals surface area contributed by atoms with Crippen LogP contribution in [0.4, 0.5) is 11.8 Å². The summed E-state index contributed by atoms with van der Waals surface area (Å²) in [6.07, 6.45) is 5.52. The molecule has 140 valence electrons. The third kappa shape index (κ3) is 3.91. The van der Waals surface area contributed by atoms with Crippen molar-refractivity contribution in [3.8, 4) is 17.7 Å². The number of hydrogen-bond acceptors (Lipinski definition) is 8. The summed E-state index contributed by atoms with van der Waals surface area (Å²) in [4.78, 5) is 29.2. The van der Waals surface area contributed by atoms with E-state index in [1.165, 1.54) is 6.20 Å². The molecular formula is C19H17N7O2. The number of aromatic nitrogens is 4. The number of aromatic amines is 1. The summed E-state index contributed by atoms with van der Waals surface area (Å²) in [7, 11) is 0. The van der Waals surface area contributed by atoms with Gasteiger partial charge in [-0.1, -0.05) is 6.07 Å². The maximum atomic E-state index is 11.9. The van der Waals surface area contributed by atoms with Gasteiger partial charge in [-0.2, -0.15) is 10.2 Å². The first kappa shape index (κ1) is 17.5. The zero-order valence-corrected chi connectivity index (χ0v) is 14.9. The Labute approximate surface area is 160 Å². The number of nitrogens with zero attached hydrogens (tertiary/aromatic N) is 5. The zero-order chi connectivity index (χ0) is 19.3. The minimum absolute atomic E-state index is 0.0820. The molecule has 2 N–H and O–H groups in total. The van der Waals surface area contributed by atoms with Crippen LogP contribution in [0, 0.1) is 11.3 Å². The third-order valence-corrected chi connectivity index (χ3v) is 4.33.